The van der Waals surface area contributed by atoms with Gasteiger partial charge in [-0.25, -0.2) is 17.6 Å². The molecule has 0 amide bonds. The van der Waals surface area contributed by atoms with Gasteiger partial charge < -0.3 is 4.74 Å². The summed E-state index contributed by atoms with van der Waals surface area (Å²) in [5.41, 5.74) is 4.44. The summed E-state index contributed by atoms with van der Waals surface area (Å²) in [6.45, 7) is 3.88. The third-order valence-electron chi connectivity index (χ3n) is 6.54. The summed E-state index contributed by atoms with van der Waals surface area (Å²) in [4.78, 5) is 0. The third-order valence-corrected chi connectivity index (χ3v) is 6.54. The van der Waals surface area contributed by atoms with E-state index in [2.05, 4.69) is 29.5 Å². The van der Waals surface area contributed by atoms with Crippen LogP contribution in [0, 0.1) is 29.2 Å². The Labute approximate surface area is 209 Å². The number of halogens is 6. The van der Waals surface area contributed by atoms with Crippen LogP contribution in [0.15, 0.2) is 85.5 Å². The molecule has 0 fully saturated rings. The van der Waals surface area contributed by atoms with Gasteiger partial charge in [-0.1, -0.05) is 54.6 Å². The number of hydrogen-bond donors (Lipinski definition) is 0. The fraction of sp³-hybridized carbons (Fsp3) is 0.133. The number of allylic oxidation sites excluding steroid dienone is 1. The molecule has 0 saturated carbocycles. The lowest BCUT2D eigenvalue weighted by Gasteiger charge is -2.19. The summed E-state index contributed by atoms with van der Waals surface area (Å²) in [6.07, 6.45) is -0.345. The Balaban J connectivity index is 1.36. The van der Waals surface area contributed by atoms with Crippen LogP contribution >= 0.6 is 0 Å². The second-order valence-electron chi connectivity index (χ2n) is 8.98. The van der Waals surface area contributed by atoms with Gasteiger partial charge in [-0.15, -0.1) is 6.58 Å². The van der Waals surface area contributed by atoms with Crippen LogP contribution in [-0.4, -0.2) is 0 Å². The van der Waals surface area contributed by atoms with Gasteiger partial charge in [-0.2, -0.15) is 8.78 Å². The zero-order valence-electron chi connectivity index (χ0n) is 19.4. The lowest BCUT2D eigenvalue weighted by molar-refractivity contribution is -0.187. The molecular formula is C30H20F6O. The van der Waals surface area contributed by atoms with E-state index in [-0.39, 0.29) is 12.1 Å². The normalized spacial score (nSPS) is 14.9. The zero-order chi connectivity index (χ0) is 26.3. The second kappa shape index (κ2) is 9.47. The first-order valence-electron chi connectivity index (χ1n) is 11.5. The predicted molar refractivity (Wildman–Crippen MR) is 129 cm³/mol. The molecule has 0 saturated heterocycles. The third kappa shape index (κ3) is 4.86. The molecule has 0 N–H and O–H groups in total. The van der Waals surface area contributed by atoms with Gasteiger partial charge >= 0.3 is 6.11 Å². The van der Waals surface area contributed by atoms with Gasteiger partial charge in [-0.05, 0) is 64.3 Å². The summed E-state index contributed by atoms with van der Waals surface area (Å²) < 4.78 is 88.0. The minimum absolute atomic E-state index is 0.263. The van der Waals surface area contributed by atoms with Crippen molar-refractivity contribution >= 4 is 0 Å². The standard InChI is InChI=1S/C30H20F6O/c1-2-17-11-20-7-8-21(13-23(20)12-17)18-3-5-19(6-4-18)22-9-10-25(26(31)14-22)30(35,36)37-24-15-27(32)29(34)28(33)16-24/h2-10,13-17H,1,11-12H2. The molecule has 1 aliphatic rings. The quantitative estimate of drug-likeness (QED) is 0.143. The van der Waals surface area contributed by atoms with Gasteiger partial charge in [-0.3, -0.25) is 0 Å². The molecule has 188 valence electrons. The van der Waals surface area contributed by atoms with E-state index in [1.165, 1.54) is 17.2 Å². The predicted octanol–water partition coefficient (Wildman–Crippen LogP) is 8.61. The van der Waals surface area contributed by atoms with E-state index in [1.807, 2.05) is 18.2 Å². The van der Waals surface area contributed by atoms with Crippen LogP contribution in [0.25, 0.3) is 22.3 Å². The van der Waals surface area contributed by atoms with E-state index in [0.717, 1.165) is 36.1 Å². The molecule has 0 spiro atoms. The molecule has 1 unspecified atom stereocenters. The molecular weight excluding hydrogens is 490 g/mol. The summed E-state index contributed by atoms with van der Waals surface area (Å²) in [5.74, 6) is -7.04. The van der Waals surface area contributed by atoms with Gasteiger partial charge in [0.2, 0.25) is 0 Å². The maximum Gasteiger partial charge on any atom is 0.429 e. The highest BCUT2D eigenvalue weighted by Crippen LogP contribution is 2.36. The van der Waals surface area contributed by atoms with Crippen molar-refractivity contribution in [2.45, 2.75) is 19.0 Å². The highest BCUT2D eigenvalue weighted by Gasteiger charge is 2.38. The topological polar surface area (TPSA) is 9.23 Å². The molecule has 1 atom stereocenters. The monoisotopic (exact) mass is 510 g/mol. The fourth-order valence-corrected chi connectivity index (χ4v) is 4.58. The van der Waals surface area contributed by atoms with Crippen molar-refractivity contribution in [2.75, 3.05) is 0 Å². The van der Waals surface area contributed by atoms with Crippen molar-refractivity contribution in [1.82, 2.24) is 0 Å². The Kier molecular flexibility index (Phi) is 6.31. The average molecular weight is 510 g/mol. The van der Waals surface area contributed by atoms with Crippen molar-refractivity contribution in [1.29, 1.82) is 0 Å². The number of rotatable bonds is 6. The van der Waals surface area contributed by atoms with Crippen LogP contribution in [0.5, 0.6) is 5.75 Å². The molecule has 37 heavy (non-hydrogen) atoms. The zero-order valence-corrected chi connectivity index (χ0v) is 19.4. The number of ether oxygens (including phenoxy) is 1. The Morgan fingerprint density at radius 3 is 1.81 bits per heavy atom. The molecule has 1 aliphatic carbocycles. The van der Waals surface area contributed by atoms with Crippen molar-refractivity contribution < 1.29 is 31.1 Å². The lowest BCUT2D eigenvalue weighted by Crippen LogP contribution is -2.23. The molecule has 0 aromatic heterocycles. The largest absolute Gasteiger partial charge is 0.429 e. The first-order chi connectivity index (χ1) is 17.6. The Bertz CT molecular complexity index is 1470. The Morgan fingerprint density at radius 2 is 1.22 bits per heavy atom. The van der Waals surface area contributed by atoms with E-state index in [9.17, 15) is 26.3 Å². The fourth-order valence-electron chi connectivity index (χ4n) is 4.58. The van der Waals surface area contributed by atoms with Gasteiger partial charge in [0.05, 0.1) is 5.56 Å². The van der Waals surface area contributed by atoms with Crippen LogP contribution in [-0.2, 0) is 19.0 Å². The smallest absolute Gasteiger partial charge is 0.429 e. The first kappa shape index (κ1) is 24.7. The maximum atomic E-state index is 14.7. The average Bonchev–Trinajstić information content (AvgIpc) is 3.29. The molecule has 0 heterocycles. The van der Waals surface area contributed by atoms with Crippen LogP contribution < -0.4 is 4.74 Å². The van der Waals surface area contributed by atoms with Gasteiger partial charge in [0.15, 0.2) is 17.5 Å². The van der Waals surface area contributed by atoms with E-state index >= 15 is 0 Å². The molecule has 0 radical (unpaired) electrons. The number of benzene rings is 4. The summed E-state index contributed by atoms with van der Waals surface area (Å²) in [5, 5.41) is 0. The molecule has 4 aromatic rings. The van der Waals surface area contributed by atoms with Crippen LogP contribution in [0.3, 0.4) is 0 Å². The van der Waals surface area contributed by atoms with Crippen LogP contribution in [0.1, 0.15) is 16.7 Å². The number of hydrogen-bond acceptors (Lipinski definition) is 1. The molecule has 5 rings (SSSR count). The van der Waals surface area contributed by atoms with Crippen LogP contribution in [0.2, 0.25) is 0 Å². The highest BCUT2D eigenvalue weighted by atomic mass is 19.3. The van der Waals surface area contributed by atoms with E-state index in [0.29, 0.717) is 17.0 Å². The van der Waals surface area contributed by atoms with Crippen molar-refractivity contribution in [2.24, 2.45) is 5.92 Å². The van der Waals surface area contributed by atoms with Gasteiger partial charge in [0, 0.05) is 12.1 Å². The van der Waals surface area contributed by atoms with Crippen molar-refractivity contribution in [3.63, 3.8) is 0 Å². The molecule has 4 aromatic carbocycles. The molecule has 1 nitrogen and oxygen atoms in total. The SMILES string of the molecule is C=CC1Cc2ccc(-c3ccc(-c4ccc(C(F)(F)Oc5cc(F)c(F)c(F)c5)c(F)c4)cc3)cc2C1. The number of fused-ring (bicyclic) bond motifs is 1. The summed E-state index contributed by atoms with van der Waals surface area (Å²) >= 11 is 0. The molecule has 0 bridgehead atoms. The molecule has 7 heteroatoms. The van der Waals surface area contributed by atoms with Crippen molar-refractivity contribution in [3.8, 4) is 28.0 Å². The first-order valence-corrected chi connectivity index (χ1v) is 11.5. The van der Waals surface area contributed by atoms with Gasteiger partial charge in [0.25, 0.3) is 0 Å². The molecule has 0 aliphatic heterocycles. The minimum Gasteiger partial charge on any atom is -0.429 e. The Hall–Kier alpha value is -4.00. The lowest BCUT2D eigenvalue weighted by atomic mass is 9.97. The second-order valence-corrected chi connectivity index (χ2v) is 8.98. The van der Waals surface area contributed by atoms with E-state index in [4.69, 9.17) is 0 Å². The highest BCUT2D eigenvalue weighted by molar-refractivity contribution is 5.71. The minimum atomic E-state index is -4.26. The van der Waals surface area contributed by atoms with E-state index < -0.39 is 40.7 Å². The summed E-state index contributed by atoms with van der Waals surface area (Å²) in [7, 11) is 0. The number of alkyl halides is 2. The van der Waals surface area contributed by atoms with Crippen LogP contribution in [0.4, 0.5) is 26.3 Å². The summed E-state index contributed by atoms with van der Waals surface area (Å²) in [6, 6.07) is 17.2. The maximum absolute atomic E-state index is 14.7. The van der Waals surface area contributed by atoms with Gasteiger partial charge in [0.1, 0.15) is 11.6 Å². The Morgan fingerprint density at radius 1 is 0.676 bits per heavy atom. The van der Waals surface area contributed by atoms with E-state index in [1.54, 1.807) is 12.1 Å². The van der Waals surface area contributed by atoms with Crippen molar-refractivity contribution in [3.05, 3.63) is 125 Å².